The van der Waals surface area contributed by atoms with Crippen molar-refractivity contribution < 1.29 is 13.2 Å². The van der Waals surface area contributed by atoms with Crippen LogP contribution in [0.4, 0.5) is 5.69 Å². The van der Waals surface area contributed by atoms with Crippen molar-refractivity contribution in [2.45, 2.75) is 25.9 Å². The molecule has 7 heteroatoms. The SMILES string of the molecule is Cc1nscc1NS(=O)(=O)CC1CCCO1. The summed E-state index contributed by atoms with van der Waals surface area (Å²) in [5, 5.41) is 1.70. The molecule has 1 fully saturated rings. The second-order valence-electron chi connectivity index (χ2n) is 3.83. The summed E-state index contributed by atoms with van der Waals surface area (Å²) < 4.78 is 35.4. The molecular weight excluding hydrogens is 248 g/mol. The molecule has 5 nitrogen and oxygen atoms in total. The van der Waals surface area contributed by atoms with Crippen molar-refractivity contribution in [3.63, 3.8) is 0 Å². The minimum atomic E-state index is -3.32. The van der Waals surface area contributed by atoms with Crippen LogP contribution in [0, 0.1) is 6.92 Å². The smallest absolute Gasteiger partial charge is 0.235 e. The minimum Gasteiger partial charge on any atom is -0.377 e. The van der Waals surface area contributed by atoms with Crippen LogP contribution in [0.25, 0.3) is 0 Å². The van der Waals surface area contributed by atoms with Gasteiger partial charge in [-0.05, 0) is 31.3 Å². The summed E-state index contributed by atoms with van der Waals surface area (Å²) in [5.74, 6) is 0.0300. The third-order valence-corrected chi connectivity index (χ3v) is 4.51. The van der Waals surface area contributed by atoms with Crippen molar-refractivity contribution >= 4 is 27.2 Å². The molecule has 1 unspecified atom stereocenters. The largest absolute Gasteiger partial charge is 0.377 e. The summed E-state index contributed by atoms with van der Waals surface area (Å²) in [4.78, 5) is 0. The molecule has 0 saturated carbocycles. The van der Waals surface area contributed by atoms with Gasteiger partial charge in [-0.3, -0.25) is 4.72 Å². The first kappa shape index (κ1) is 11.8. The van der Waals surface area contributed by atoms with E-state index in [-0.39, 0.29) is 11.9 Å². The van der Waals surface area contributed by atoms with Crippen molar-refractivity contribution in [3.8, 4) is 0 Å². The van der Waals surface area contributed by atoms with Crippen LogP contribution < -0.4 is 4.72 Å². The molecule has 1 N–H and O–H groups in total. The van der Waals surface area contributed by atoms with E-state index in [1.807, 2.05) is 0 Å². The number of nitrogens with zero attached hydrogens (tertiary/aromatic N) is 1. The lowest BCUT2D eigenvalue weighted by Gasteiger charge is -2.11. The van der Waals surface area contributed by atoms with Crippen LogP contribution >= 0.6 is 11.5 Å². The Morgan fingerprint density at radius 2 is 2.50 bits per heavy atom. The fourth-order valence-corrected chi connectivity index (χ4v) is 3.72. The van der Waals surface area contributed by atoms with E-state index in [1.165, 1.54) is 11.5 Å². The van der Waals surface area contributed by atoms with E-state index in [0.29, 0.717) is 18.0 Å². The Morgan fingerprint density at radius 3 is 3.06 bits per heavy atom. The van der Waals surface area contributed by atoms with Gasteiger partial charge in [0.25, 0.3) is 0 Å². The van der Waals surface area contributed by atoms with Gasteiger partial charge in [-0.2, -0.15) is 4.37 Å². The molecule has 0 bridgehead atoms. The number of aromatic nitrogens is 1. The lowest BCUT2D eigenvalue weighted by atomic mass is 10.3. The second kappa shape index (κ2) is 4.68. The Morgan fingerprint density at radius 1 is 1.69 bits per heavy atom. The summed E-state index contributed by atoms with van der Waals surface area (Å²) in [6.45, 7) is 2.44. The molecule has 1 saturated heterocycles. The van der Waals surface area contributed by atoms with Crippen LogP contribution in [0.5, 0.6) is 0 Å². The first-order valence-electron chi connectivity index (χ1n) is 5.10. The van der Waals surface area contributed by atoms with E-state index in [2.05, 4.69) is 9.10 Å². The highest BCUT2D eigenvalue weighted by Gasteiger charge is 2.23. The summed E-state index contributed by atoms with van der Waals surface area (Å²) in [6, 6.07) is 0. The number of hydrogen-bond donors (Lipinski definition) is 1. The van der Waals surface area contributed by atoms with Gasteiger partial charge in [0.2, 0.25) is 10.0 Å². The predicted molar refractivity (Wildman–Crippen MR) is 63.2 cm³/mol. The number of aryl methyl sites for hydroxylation is 1. The third-order valence-electron chi connectivity index (χ3n) is 2.44. The van der Waals surface area contributed by atoms with Crippen molar-refractivity contribution in [2.24, 2.45) is 0 Å². The van der Waals surface area contributed by atoms with Gasteiger partial charge in [0.1, 0.15) is 0 Å². The van der Waals surface area contributed by atoms with Crippen LogP contribution in [-0.4, -0.2) is 31.3 Å². The highest BCUT2D eigenvalue weighted by atomic mass is 32.2. The van der Waals surface area contributed by atoms with Crippen LogP contribution in [0.3, 0.4) is 0 Å². The molecule has 0 aromatic carbocycles. The number of rotatable bonds is 4. The number of nitrogens with one attached hydrogen (secondary N) is 1. The van der Waals surface area contributed by atoms with Gasteiger partial charge in [0, 0.05) is 12.0 Å². The molecule has 1 atom stereocenters. The molecule has 0 aliphatic carbocycles. The molecule has 1 aliphatic rings. The third kappa shape index (κ3) is 2.93. The highest BCUT2D eigenvalue weighted by molar-refractivity contribution is 7.92. The second-order valence-corrected chi connectivity index (χ2v) is 6.23. The van der Waals surface area contributed by atoms with Crippen LogP contribution in [-0.2, 0) is 14.8 Å². The standard InChI is InChI=1S/C9H14N2O3S2/c1-7-9(5-15-10-7)11-16(12,13)6-8-3-2-4-14-8/h5,8,11H,2-4,6H2,1H3. The van der Waals surface area contributed by atoms with Crippen LogP contribution in [0.2, 0.25) is 0 Å². The Bertz CT molecular complexity index is 449. The fraction of sp³-hybridized carbons (Fsp3) is 0.667. The van der Waals surface area contributed by atoms with Crippen molar-refractivity contribution in [3.05, 3.63) is 11.1 Å². The molecule has 0 amide bonds. The molecule has 90 valence electrons. The summed E-state index contributed by atoms with van der Waals surface area (Å²) in [5.41, 5.74) is 1.28. The molecule has 1 aliphatic heterocycles. The van der Waals surface area contributed by atoms with E-state index in [9.17, 15) is 8.42 Å². The molecule has 0 radical (unpaired) electrons. The Balaban J connectivity index is 2.00. The Kier molecular flexibility index (Phi) is 3.46. The van der Waals surface area contributed by atoms with Gasteiger partial charge in [-0.15, -0.1) is 0 Å². The quantitative estimate of drug-likeness (QED) is 0.890. The monoisotopic (exact) mass is 262 g/mol. The van der Waals surface area contributed by atoms with Crippen molar-refractivity contribution in [1.29, 1.82) is 0 Å². The predicted octanol–water partition coefficient (Wildman–Crippen LogP) is 1.37. The maximum atomic E-state index is 11.8. The van der Waals surface area contributed by atoms with E-state index in [1.54, 1.807) is 12.3 Å². The lowest BCUT2D eigenvalue weighted by Crippen LogP contribution is -2.25. The normalized spacial score (nSPS) is 21.2. The zero-order valence-corrected chi connectivity index (χ0v) is 10.6. The lowest BCUT2D eigenvalue weighted by molar-refractivity contribution is 0.127. The molecule has 0 spiro atoms. The molecule has 1 aromatic heterocycles. The molecule has 2 heterocycles. The zero-order chi connectivity index (χ0) is 11.6. The summed E-state index contributed by atoms with van der Waals surface area (Å²) in [6.07, 6.45) is 1.60. The Labute approximate surface area is 99.0 Å². The maximum absolute atomic E-state index is 11.8. The molecule has 2 rings (SSSR count). The van der Waals surface area contributed by atoms with E-state index in [4.69, 9.17) is 4.74 Å². The number of hydrogen-bond acceptors (Lipinski definition) is 5. The molecular formula is C9H14N2O3S2. The topological polar surface area (TPSA) is 68.3 Å². The summed E-state index contributed by atoms with van der Waals surface area (Å²) in [7, 11) is -3.32. The van der Waals surface area contributed by atoms with Gasteiger partial charge >= 0.3 is 0 Å². The fourth-order valence-electron chi connectivity index (χ4n) is 1.62. The molecule has 1 aromatic rings. The minimum absolute atomic E-state index is 0.0300. The number of ether oxygens (including phenoxy) is 1. The average molecular weight is 262 g/mol. The van der Waals surface area contributed by atoms with Crippen LogP contribution in [0.15, 0.2) is 5.38 Å². The first-order chi connectivity index (χ1) is 7.57. The van der Waals surface area contributed by atoms with Crippen LogP contribution in [0.1, 0.15) is 18.5 Å². The van der Waals surface area contributed by atoms with Crippen molar-refractivity contribution in [2.75, 3.05) is 17.1 Å². The van der Waals surface area contributed by atoms with Gasteiger partial charge in [0.15, 0.2) is 0 Å². The van der Waals surface area contributed by atoms with E-state index >= 15 is 0 Å². The average Bonchev–Trinajstić information content (AvgIpc) is 2.78. The number of sulfonamides is 1. The molecule has 16 heavy (non-hydrogen) atoms. The van der Waals surface area contributed by atoms with Gasteiger partial charge in [-0.25, -0.2) is 8.42 Å². The summed E-state index contributed by atoms with van der Waals surface area (Å²) >= 11 is 1.24. The van der Waals surface area contributed by atoms with Gasteiger partial charge < -0.3 is 4.74 Å². The van der Waals surface area contributed by atoms with Crippen molar-refractivity contribution in [1.82, 2.24) is 4.37 Å². The number of anilines is 1. The van der Waals surface area contributed by atoms with E-state index < -0.39 is 10.0 Å². The highest BCUT2D eigenvalue weighted by Crippen LogP contribution is 2.19. The zero-order valence-electron chi connectivity index (χ0n) is 8.97. The first-order valence-corrected chi connectivity index (χ1v) is 7.59. The van der Waals surface area contributed by atoms with Gasteiger partial charge in [0.05, 0.1) is 23.2 Å². The van der Waals surface area contributed by atoms with E-state index in [0.717, 1.165) is 12.8 Å². The Hall–Kier alpha value is -0.660. The maximum Gasteiger partial charge on any atom is 0.235 e. The van der Waals surface area contributed by atoms with Gasteiger partial charge in [-0.1, -0.05) is 0 Å².